The highest BCUT2D eigenvalue weighted by molar-refractivity contribution is 7.15. The second-order valence-corrected chi connectivity index (χ2v) is 9.56. The second kappa shape index (κ2) is 12.7. The van der Waals surface area contributed by atoms with Crippen LogP contribution in [0.2, 0.25) is 0 Å². The summed E-state index contributed by atoms with van der Waals surface area (Å²) in [5, 5.41) is 15.8. The molecule has 1 aromatic carbocycles. The number of aryl methyl sites for hydroxylation is 1. The highest BCUT2D eigenvalue weighted by atomic mass is 32.1. The van der Waals surface area contributed by atoms with Gasteiger partial charge in [0.25, 0.3) is 0 Å². The van der Waals surface area contributed by atoms with Crippen LogP contribution in [0, 0.1) is 11.3 Å². The molecule has 3 aromatic rings. The summed E-state index contributed by atoms with van der Waals surface area (Å²) in [6, 6.07) is 11.4. The molecule has 0 fully saturated rings. The molecule has 0 saturated heterocycles. The number of amides is 2. The fraction of sp³-hybridized carbons (Fsp3) is 0.296. The van der Waals surface area contributed by atoms with E-state index in [2.05, 4.69) is 33.6 Å². The molecule has 0 aliphatic rings. The number of benzene rings is 1. The van der Waals surface area contributed by atoms with Gasteiger partial charge in [0.1, 0.15) is 6.07 Å². The molecule has 2 N–H and O–H groups in total. The molecule has 9 heteroatoms. The first-order valence-electron chi connectivity index (χ1n) is 11.7. The van der Waals surface area contributed by atoms with Crippen LogP contribution in [-0.4, -0.2) is 47.3 Å². The van der Waals surface area contributed by atoms with Gasteiger partial charge in [0.2, 0.25) is 11.8 Å². The fourth-order valence-corrected chi connectivity index (χ4v) is 4.32. The van der Waals surface area contributed by atoms with Crippen molar-refractivity contribution >= 4 is 34.1 Å². The Morgan fingerprint density at radius 2 is 1.94 bits per heavy atom. The number of rotatable bonds is 10. The van der Waals surface area contributed by atoms with Crippen LogP contribution in [0.1, 0.15) is 42.2 Å². The highest BCUT2D eigenvalue weighted by Gasteiger charge is 2.21. The van der Waals surface area contributed by atoms with Crippen LogP contribution in [0.25, 0.3) is 11.1 Å². The average molecular weight is 503 g/mol. The minimum atomic E-state index is -0.352. The summed E-state index contributed by atoms with van der Waals surface area (Å²) in [5.41, 5.74) is 2.67. The maximum absolute atomic E-state index is 13.0. The van der Waals surface area contributed by atoms with Crippen molar-refractivity contribution in [2.24, 2.45) is 0 Å². The molecule has 2 amide bonds. The number of hydrogen-bond donors (Lipinski definition) is 2. The number of carbonyl (C=O) groups excluding carboxylic acids is 2. The number of nitrogens with zero attached hydrogens (tertiary/aromatic N) is 4. The number of thiazole rings is 1. The number of pyridine rings is 1. The van der Waals surface area contributed by atoms with Gasteiger partial charge in [-0.2, -0.15) is 5.26 Å². The van der Waals surface area contributed by atoms with Gasteiger partial charge in [-0.3, -0.25) is 9.59 Å². The SMILES string of the molecule is CCc1cnc(NC(=O)C(CC)c2cccc(-c3cnc(NC(=O)/C=C/CN(C)C)c(C#N)c3)c2)s1. The van der Waals surface area contributed by atoms with Gasteiger partial charge in [-0.05, 0) is 44.1 Å². The number of hydrogen-bond acceptors (Lipinski definition) is 7. The van der Waals surface area contributed by atoms with Crippen molar-refractivity contribution in [3.05, 3.63) is 70.9 Å². The van der Waals surface area contributed by atoms with Crippen molar-refractivity contribution in [2.75, 3.05) is 31.3 Å². The number of anilines is 2. The fourth-order valence-electron chi connectivity index (χ4n) is 3.57. The minimum absolute atomic E-state index is 0.108. The van der Waals surface area contributed by atoms with E-state index in [-0.39, 0.29) is 29.1 Å². The Labute approximate surface area is 215 Å². The van der Waals surface area contributed by atoms with Crippen LogP contribution in [0.3, 0.4) is 0 Å². The smallest absolute Gasteiger partial charge is 0.249 e. The molecular formula is C27H30N6O2S. The third kappa shape index (κ3) is 7.07. The molecule has 3 rings (SSSR count). The number of carbonyl (C=O) groups is 2. The first-order valence-corrected chi connectivity index (χ1v) is 12.5. The molecule has 8 nitrogen and oxygen atoms in total. The van der Waals surface area contributed by atoms with Crippen LogP contribution in [0.15, 0.2) is 54.9 Å². The molecule has 0 bridgehead atoms. The summed E-state index contributed by atoms with van der Waals surface area (Å²) in [6.07, 6.45) is 8.05. The first kappa shape index (κ1) is 26.7. The van der Waals surface area contributed by atoms with E-state index in [9.17, 15) is 14.9 Å². The summed E-state index contributed by atoms with van der Waals surface area (Å²) < 4.78 is 0. The van der Waals surface area contributed by atoms with Gasteiger partial charge in [-0.1, -0.05) is 44.2 Å². The predicted molar refractivity (Wildman–Crippen MR) is 144 cm³/mol. The van der Waals surface area contributed by atoms with E-state index in [1.165, 1.54) is 17.4 Å². The lowest BCUT2D eigenvalue weighted by Crippen LogP contribution is -2.20. The zero-order valence-electron chi connectivity index (χ0n) is 20.9. The van der Waals surface area contributed by atoms with Crippen molar-refractivity contribution in [2.45, 2.75) is 32.6 Å². The maximum Gasteiger partial charge on any atom is 0.249 e. The number of aromatic nitrogens is 2. The highest BCUT2D eigenvalue weighted by Crippen LogP contribution is 2.29. The monoisotopic (exact) mass is 502 g/mol. The molecule has 0 saturated carbocycles. The third-order valence-corrected chi connectivity index (χ3v) is 6.53. The average Bonchev–Trinajstić information content (AvgIpc) is 3.32. The second-order valence-electron chi connectivity index (χ2n) is 8.45. The lowest BCUT2D eigenvalue weighted by Gasteiger charge is -2.16. The van der Waals surface area contributed by atoms with Crippen molar-refractivity contribution < 1.29 is 9.59 Å². The number of nitriles is 1. The van der Waals surface area contributed by atoms with E-state index >= 15 is 0 Å². The normalized spacial score (nSPS) is 11.9. The molecule has 186 valence electrons. The van der Waals surface area contributed by atoms with Gasteiger partial charge in [0.15, 0.2) is 10.9 Å². The molecule has 1 atom stereocenters. The van der Waals surface area contributed by atoms with E-state index in [1.807, 2.05) is 50.2 Å². The van der Waals surface area contributed by atoms with Crippen molar-refractivity contribution in [1.29, 1.82) is 5.26 Å². The Balaban J connectivity index is 1.79. The largest absolute Gasteiger partial charge is 0.306 e. The van der Waals surface area contributed by atoms with Gasteiger partial charge in [0, 0.05) is 35.5 Å². The predicted octanol–water partition coefficient (Wildman–Crippen LogP) is 4.83. The van der Waals surface area contributed by atoms with Crippen LogP contribution < -0.4 is 10.6 Å². The van der Waals surface area contributed by atoms with Gasteiger partial charge < -0.3 is 15.5 Å². The minimum Gasteiger partial charge on any atom is -0.306 e. The molecule has 36 heavy (non-hydrogen) atoms. The lowest BCUT2D eigenvalue weighted by molar-refractivity contribution is -0.117. The number of likely N-dealkylation sites (N-methyl/N-ethyl adjacent to an activating group) is 1. The molecule has 0 spiro atoms. The Bertz CT molecular complexity index is 1290. The lowest BCUT2D eigenvalue weighted by atomic mass is 9.92. The number of nitrogens with one attached hydrogen (secondary N) is 2. The summed E-state index contributed by atoms with van der Waals surface area (Å²) in [7, 11) is 3.81. The topological polar surface area (TPSA) is 111 Å². The molecule has 0 radical (unpaired) electrons. The standard InChI is InChI=1S/C27H30N6O2S/c1-5-22-17-30-27(36-22)32-26(35)23(6-2)19-10-7-9-18(13-19)21-14-20(15-28)25(29-16-21)31-24(34)11-8-12-33(3)4/h7-11,13-14,16-17,23H,5-6,12H2,1-4H3,(H,29,31,34)(H,30,32,35)/b11-8+. The maximum atomic E-state index is 13.0. The summed E-state index contributed by atoms with van der Waals surface area (Å²) in [6.45, 7) is 4.65. The van der Waals surface area contributed by atoms with E-state index in [0.717, 1.165) is 28.0 Å². The summed E-state index contributed by atoms with van der Waals surface area (Å²) in [5.74, 6) is -0.603. The van der Waals surface area contributed by atoms with E-state index in [4.69, 9.17) is 0 Å². The molecule has 0 aliphatic heterocycles. The van der Waals surface area contributed by atoms with Crippen LogP contribution in [-0.2, 0) is 16.0 Å². The molecular weight excluding hydrogens is 472 g/mol. The Kier molecular flexibility index (Phi) is 9.45. The van der Waals surface area contributed by atoms with Crippen LogP contribution in [0.5, 0.6) is 0 Å². The Morgan fingerprint density at radius 1 is 1.14 bits per heavy atom. The summed E-state index contributed by atoms with van der Waals surface area (Å²) in [4.78, 5) is 36.8. The molecule has 1 unspecified atom stereocenters. The Morgan fingerprint density at radius 3 is 2.61 bits per heavy atom. The molecule has 2 heterocycles. The van der Waals surface area contributed by atoms with E-state index < -0.39 is 0 Å². The van der Waals surface area contributed by atoms with Crippen LogP contribution in [0.4, 0.5) is 10.9 Å². The van der Waals surface area contributed by atoms with Crippen molar-refractivity contribution in [3.63, 3.8) is 0 Å². The quantitative estimate of drug-likeness (QED) is 0.384. The van der Waals surface area contributed by atoms with Crippen LogP contribution >= 0.6 is 11.3 Å². The summed E-state index contributed by atoms with van der Waals surface area (Å²) >= 11 is 1.48. The molecule has 0 aliphatic carbocycles. The Hall–Kier alpha value is -3.87. The van der Waals surface area contributed by atoms with Crippen molar-refractivity contribution in [1.82, 2.24) is 14.9 Å². The van der Waals surface area contributed by atoms with Gasteiger partial charge in [-0.15, -0.1) is 11.3 Å². The van der Waals surface area contributed by atoms with Gasteiger partial charge in [-0.25, -0.2) is 9.97 Å². The zero-order valence-corrected chi connectivity index (χ0v) is 21.7. The van der Waals surface area contributed by atoms with E-state index in [0.29, 0.717) is 18.1 Å². The zero-order chi connectivity index (χ0) is 26.1. The van der Waals surface area contributed by atoms with E-state index in [1.54, 1.807) is 24.5 Å². The third-order valence-electron chi connectivity index (χ3n) is 5.47. The first-order chi connectivity index (χ1) is 17.3. The van der Waals surface area contributed by atoms with Gasteiger partial charge in [0.05, 0.1) is 11.5 Å². The molecule has 2 aromatic heterocycles. The van der Waals surface area contributed by atoms with Gasteiger partial charge >= 0.3 is 0 Å². The van der Waals surface area contributed by atoms with Crippen molar-refractivity contribution in [3.8, 4) is 17.2 Å².